The highest BCUT2D eigenvalue weighted by atomic mass is 19.4. The number of benzene rings is 2. The van der Waals surface area contributed by atoms with E-state index in [9.17, 15) is 18.0 Å². The molecule has 2 aromatic carbocycles. The van der Waals surface area contributed by atoms with Gasteiger partial charge in [-0.25, -0.2) is 9.36 Å². The summed E-state index contributed by atoms with van der Waals surface area (Å²) in [5.74, 6) is 0.226. The molecule has 0 amide bonds. The Balaban J connectivity index is 1.88. The summed E-state index contributed by atoms with van der Waals surface area (Å²) in [5, 5.41) is 8.73. The number of nitrogens with zero attached hydrogens (tertiary/aromatic N) is 4. The van der Waals surface area contributed by atoms with E-state index in [1.54, 1.807) is 16.9 Å². The molecule has 8 heteroatoms. The van der Waals surface area contributed by atoms with E-state index >= 15 is 0 Å². The van der Waals surface area contributed by atoms with Crippen molar-refractivity contribution in [3.8, 4) is 22.8 Å². The first-order chi connectivity index (χ1) is 15.2. The minimum absolute atomic E-state index is 0.0989. The molecule has 0 aliphatic rings. The molecule has 0 aliphatic carbocycles. The van der Waals surface area contributed by atoms with Crippen LogP contribution in [0, 0.1) is 5.92 Å². The Morgan fingerprint density at radius 3 is 2.44 bits per heavy atom. The van der Waals surface area contributed by atoms with Gasteiger partial charge in [0, 0.05) is 12.3 Å². The summed E-state index contributed by atoms with van der Waals surface area (Å²) in [5.41, 5.74) is 1.18. The van der Waals surface area contributed by atoms with Crippen LogP contribution < -0.4 is 5.43 Å². The first kappa shape index (κ1) is 21.5. The fourth-order valence-corrected chi connectivity index (χ4v) is 3.54. The maximum absolute atomic E-state index is 13.4. The fraction of sp³-hybridized carbons (Fsp3) is 0.208. The van der Waals surface area contributed by atoms with Gasteiger partial charge in [-0.05, 0) is 48.2 Å². The number of alkyl halides is 3. The van der Waals surface area contributed by atoms with Crippen LogP contribution in [0.4, 0.5) is 13.2 Å². The van der Waals surface area contributed by atoms with Crippen molar-refractivity contribution < 1.29 is 13.2 Å². The smallest absolute Gasteiger partial charge is 0.287 e. The van der Waals surface area contributed by atoms with Gasteiger partial charge in [0.15, 0.2) is 5.69 Å². The van der Waals surface area contributed by atoms with Crippen LogP contribution in [0.2, 0.25) is 0 Å². The average molecular weight is 438 g/mol. The van der Waals surface area contributed by atoms with Gasteiger partial charge in [0.25, 0.3) is 0 Å². The third kappa shape index (κ3) is 4.34. The van der Waals surface area contributed by atoms with Gasteiger partial charge in [0.2, 0.25) is 5.43 Å². The van der Waals surface area contributed by atoms with E-state index in [4.69, 9.17) is 0 Å². The predicted octanol–water partition coefficient (Wildman–Crippen LogP) is 5.30. The van der Waals surface area contributed by atoms with Crippen LogP contribution in [-0.4, -0.2) is 19.6 Å². The second kappa shape index (κ2) is 8.45. The third-order valence-electron chi connectivity index (χ3n) is 4.98. The van der Waals surface area contributed by atoms with Gasteiger partial charge >= 0.3 is 6.18 Å². The number of para-hydroxylation sites is 1. The highest BCUT2D eigenvalue weighted by Gasteiger charge is 2.31. The van der Waals surface area contributed by atoms with Crippen molar-refractivity contribution in [2.75, 3.05) is 0 Å². The molecule has 2 heterocycles. The van der Waals surface area contributed by atoms with Crippen LogP contribution in [0.15, 0.2) is 77.9 Å². The summed E-state index contributed by atoms with van der Waals surface area (Å²) in [6, 6.07) is 15.8. The maximum Gasteiger partial charge on any atom is 0.416 e. The molecule has 0 atom stereocenters. The number of aromatic nitrogens is 4. The quantitative estimate of drug-likeness (QED) is 0.425. The van der Waals surface area contributed by atoms with Crippen molar-refractivity contribution in [1.29, 1.82) is 0 Å². The molecule has 0 radical (unpaired) electrons. The van der Waals surface area contributed by atoms with Crippen molar-refractivity contribution in [3.05, 3.63) is 94.4 Å². The number of rotatable bonds is 5. The minimum atomic E-state index is -4.49. The largest absolute Gasteiger partial charge is 0.416 e. The molecule has 4 aromatic rings. The normalized spacial score (nSPS) is 11.8. The van der Waals surface area contributed by atoms with Crippen molar-refractivity contribution >= 4 is 0 Å². The molecule has 2 aromatic heterocycles. The molecule has 4 rings (SSSR count). The van der Waals surface area contributed by atoms with Crippen molar-refractivity contribution in [2.24, 2.45) is 5.92 Å². The third-order valence-corrected chi connectivity index (χ3v) is 4.98. The molecule has 32 heavy (non-hydrogen) atoms. The zero-order valence-electron chi connectivity index (χ0n) is 17.5. The van der Waals surface area contributed by atoms with E-state index in [2.05, 4.69) is 10.2 Å². The Hall–Kier alpha value is -3.68. The lowest BCUT2D eigenvalue weighted by atomic mass is 9.99. The maximum atomic E-state index is 13.4. The molecule has 0 spiro atoms. The first-order valence-corrected chi connectivity index (χ1v) is 10.1. The van der Waals surface area contributed by atoms with E-state index < -0.39 is 11.7 Å². The average Bonchev–Trinajstić information content (AvgIpc) is 3.23. The van der Waals surface area contributed by atoms with Gasteiger partial charge in [-0.15, -0.1) is 0 Å². The van der Waals surface area contributed by atoms with Crippen LogP contribution in [0.1, 0.15) is 25.0 Å². The molecule has 0 N–H and O–H groups in total. The zero-order valence-corrected chi connectivity index (χ0v) is 17.5. The lowest BCUT2D eigenvalue weighted by molar-refractivity contribution is -0.137. The summed E-state index contributed by atoms with van der Waals surface area (Å²) in [6.07, 6.45) is -0.971. The summed E-state index contributed by atoms with van der Waals surface area (Å²) < 4.78 is 43.1. The highest BCUT2D eigenvalue weighted by molar-refractivity contribution is 5.57. The summed E-state index contributed by atoms with van der Waals surface area (Å²) in [6.45, 7) is 3.98. The molecule has 0 unspecified atom stereocenters. The number of hydrogen-bond donors (Lipinski definition) is 0. The van der Waals surface area contributed by atoms with Gasteiger partial charge in [0.1, 0.15) is 0 Å². The van der Waals surface area contributed by atoms with Crippen LogP contribution in [0.5, 0.6) is 0 Å². The number of hydrogen-bond acceptors (Lipinski definition) is 3. The van der Waals surface area contributed by atoms with E-state index in [1.165, 1.54) is 23.0 Å². The molecule has 0 saturated carbocycles. The highest BCUT2D eigenvalue weighted by Crippen LogP contribution is 2.32. The van der Waals surface area contributed by atoms with Crippen LogP contribution in [0.25, 0.3) is 22.8 Å². The van der Waals surface area contributed by atoms with Gasteiger partial charge in [-0.3, -0.25) is 4.79 Å². The van der Waals surface area contributed by atoms with Crippen LogP contribution >= 0.6 is 0 Å². The zero-order chi connectivity index (χ0) is 22.9. The van der Waals surface area contributed by atoms with Gasteiger partial charge in [0.05, 0.1) is 28.8 Å². The van der Waals surface area contributed by atoms with E-state index in [-0.39, 0.29) is 17.0 Å². The number of halogens is 3. The molecule has 0 bridgehead atoms. The summed E-state index contributed by atoms with van der Waals surface area (Å²) in [4.78, 5) is 12.7. The summed E-state index contributed by atoms with van der Waals surface area (Å²) >= 11 is 0. The van der Waals surface area contributed by atoms with E-state index in [1.807, 2.05) is 44.2 Å². The Kier molecular flexibility index (Phi) is 5.69. The Bertz CT molecular complexity index is 1290. The topological polar surface area (TPSA) is 52.7 Å². The van der Waals surface area contributed by atoms with Crippen LogP contribution in [0.3, 0.4) is 0 Å². The second-order valence-corrected chi connectivity index (χ2v) is 7.88. The summed E-state index contributed by atoms with van der Waals surface area (Å²) in [7, 11) is 0. The SMILES string of the molecule is CC(C)Cc1ccc(C(F)(F)F)cc1-n1ccc(=O)c(-c2ccnn2-c2ccccc2)n1. The predicted molar refractivity (Wildman–Crippen MR) is 116 cm³/mol. The molecule has 5 nitrogen and oxygen atoms in total. The van der Waals surface area contributed by atoms with Gasteiger partial charge < -0.3 is 0 Å². The van der Waals surface area contributed by atoms with Gasteiger partial charge in [-0.2, -0.15) is 23.4 Å². The van der Waals surface area contributed by atoms with Crippen molar-refractivity contribution in [3.63, 3.8) is 0 Å². The van der Waals surface area contributed by atoms with Gasteiger partial charge in [-0.1, -0.05) is 38.1 Å². The van der Waals surface area contributed by atoms with Crippen LogP contribution in [-0.2, 0) is 12.6 Å². The second-order valence-electron chi connectivity index (χ2n) is 7.88. The lowest BCUT2D eigenvalue weighted by Crippen LogP contribution is -2.17. The fourth-order valence-electron chi connectivity index (χ4n) is 3.54. The van der Waals surface area contributed by atoms with E-state index in [0.717, 1.165) is 17.8 Å². The van der Waals surface area contributed by atoms with E-state index in [0.29, 0.717) is 23.4 Å². The Morgan fingerprint density at radius 1 is 1.00 bits per heavy atom. The van der Waals surface area contributed by atoms with Crippen molar-refractivity contribution in [1.82, 2.24) is 19.6 Å². The van der Waals surface area contributed by atoms with Crippen molar-refractivity contribution in [2.45, 2.75) is 26.4 Å². The Morgan fingerprint density at radius 2 is 1.75 bits per heavy atom. The molecule has 164 valence electrons. The molecular weight excluding hydrogens is 417 g/mol. The molecular formula is C24H21F3N4O. The monoisotopic (exact) mass is 438 g/mol. The standard InChI is InChI=1S/C24H21F3N4O/c1-16(2)14-17-8-9-18(24(25,26)27)15-21(17)30-13-11-22(32)23(29-30)20-10-12-28-31(20)19-6-4-3-5-7-19/h3-13,15-16H,14H2,1-2H3. The Labute approximate surface area is 182 Å². The molecule has 0 aliphatic heterocycles. The minimum Gasteiger partial charge on any atom is -0.287 e. The lowest BCUT2D eigenvalue weighted by Gasteiger charge is -2.17. The molecule has 0 fully saturated rings. The molecule has 0 saturated heterocycles. The first-order valence-electron chi connectivity index (χ1n) is 10.1.